The molecule has 0 saturated carbocycles. The Bertz CT molecular complexity index is 475. The highest BCUT2D eigenvalue weighted by Crippen LogP contribution is 2.33. The topological polar surface area (TPSA) is 26.0 Å². The average molecular weight is 262 g/mol. The Kier molecular flexibility index (Phi) is 2.06. The van der Waals surface area contributed by atoms with Crippen molar-refractivity contribution in [3.63, 3.8) is 0 Å². The summed E-state index contributed by atoms with van der Waals surface area (Å²) < 4.78 is 31.5. The fourth-order valence-corrected chi connectivity index (χ4v) is 1.57. The number of alkyl halides is 2. The van der Waals surface area contributed by atoms with E-state index in [-0.39, 0.29) is 5.69 Å². The lowest BCUT2D eigenvalue weighted by molar-refractivity contribution is 0.0112. The number of fused-ring (bicyclic) bond motifs is 1. The Hall–Kier alpha value is -0.970. The minimum atomic E-state index is -2.97. The molecule has 0 saturated heterocycles. The van der Waals surface area contributed by atoms with Gasteiger partial charge in [-0.1, -0.05) is 21.1 Å². The number of nitrogens with zero attached hydrogens (tertiary/aromatic N) is 1. The highest BCUT2D eigenvalue weighted by Gasteiger charge is 2.31. The first kappa shape index (κ1) is 9.58. The van der Waals surface area contributed by atoms with Crippen LogP contribution in [0.5, 0.6) is 0 Å². The standard InChI is InChI=1S/C9H6BrF2NO/c1-9(11,12)8-6-3-2-5(10)4-7(6)14-13-8/h2-4H,1H3. The van der Waals surface area contributed by atoms with Gasteiger partial charge < -0.3 is 4.52 Å². The fraction of sp³-hybridized carbons (Fsp3) is 0.222. The van der Waals surface area contributed by atoms with Crippen LogP contribution < -0.4 is 0 Å². The summed E-state index contributed by atoms with van der Waals surface area (Å²) in [6.45, 7) is 0.798. The van der Waals surface area contributed by atoms with Crippen molar-refractivity contribution >= 4 is 26.9 Å². The summed E-state index contributed by atoms with van der Waals surface area (Å²) >= 11 is 3.22. The Balaban J connectivity index is 2.70. The summed E-state index contributed by atoms with van der Waals surface area (Å²) in [6, 6.07) is 4.84. The first-order chi connectivity index (χ1) is 6.48. The van der Waals surface area contributed by atoms with Crippen LogP contribution >= 0.6 is 15.9 Å². The Morgan fingerprint density at radius 2 is 2.14 bits per heavy atom. The first-order valence-corrected chi connectivity index (χ1v) is 4.71. The Labute approximate surface area is 87.0 Å². The molecule has 0 N–H and O–H groups in total. The average Bonchev–Trinajstić information content (AvgIpc) is 2.45. The van der Waals surface area contributed by atoms with E-state index in [2.05, 4.69) is 21.1 Å². The van der Waals surface area contributed by atoms with Crippen molar-refractivity contribution in [2.75, 3.05) is 0 Å². The summed E-state index contributed by atoms with van der Waals surface area (Å²) in [5.74, 6) is -2.97. The van der Waals surface area contributed by atoms with Crippen molar-refractivity contribution in [1.82, 2.24) is 5.16 Å². The molecule has 0 radical (unpaired) electrons. The molecule has 0 aliphatic heterocycles. The van der Waals surface area contributed by atoms with Crippen LogP contribution in [0.15, 0.2) is 27.2 Å². The van der Waals surface area contributed by atoms with Crippen LogP contribution in [-0.4, -0.2) is 5.16 Å². The van der Waals surface area contributed by atoms with Gasteiger partial charge in [0.15, 0.2) is 11.3 Å². The minimum Gasteiger partial charge on any atom is -0.356 e. The molecule has 1 heterocycles. The van der Waals surface area contributed by atoms with E-state index in [1.807, 2.05) is 0 Å². The minimum absolute atomic E-state index is 0.319. The third-order valence-corrected chi connectivity index (χ3v) is 2.34. The molecule has 74 valence electrons. The van der Waals surface area contributed by atoms with Crippen LogP contribution in [-0.2, 0) is 5.92 Å². The molecule has 0 bridgehead atoms. The van der Waals surface area contributed by atoms with Gasteiger partial charge in [0.25, 0.3) is 5.92 Å². The monoisotopic (exact) mass is 261 g/mol. The van der Waals surface area contributed by atoms with Gasteiger partial charge in [-0.25, -0.2) is 0 Å². The highest BCUT2D eigenvalue weighted by molar-refractivity contribution is 9.10. The van der Waals surface area contributed by atoms with Crippen LogP contribution in [0.4, 0.5) is 8.78 Å². The van der Waals surface area contributed by atoms with Crippen LogP contribution in [0.3, 0.4) is 0 Å². The van der Waals surface area contributed by atoms with Crippen LogP contribution in [0.25, 0.3) is 11.0 Å². The van der Waals surface area contributed by atoms with E-state index in [9.17, 15) is 8.78 Å². The normalized spacial score (nSPS) is 12.3. The quantitative estimate of drug-likeness (QED) is 0.783. The zero-order valence-corrected chi connectivity index (χ0v) is 8.81. The number of hydrogen-bond donors (Lipinski definition) is 0. The van der Waals surface area contributed by atoms with E-state index in [1.165, 1.54) is 0 Å². The summed E-state index contributed by atoms with van der Waals surface area (Å²) in [4.78, 5) is 0. The fourth-order valence-electron chi connectivity index (χ4n) is 1.23. The molecule has 1 aromatic carbocycles. The van der Waals surface area contributed by atoms with Gasteiger partial charge in [-0.2, -0.15) is 8.78 Å². The number of halogens is 3. The molecule has 0 aliphatic carbocycles. The molecule has 0 unspecified atom stereocenters. The molecular weight excluding hydrogens is 256 g/mol. The number of rotatable bonds is 1. The first-order valence-electron chi connectivity index (χ1n) is 3.92. The summed E-state index contributed by atoms with van der Waals surface area (Å²) in [5.41, 5.74) is 0.0379. The largest absolute Gasteiger partial charge is 0.356 e. The molecule has 0 atom stereocenters. The van der Waals surface area contributed by atoms with Gasteiger partial charge in [0.05, 0.1) is 5.39 Å². The number of aromatic nitrogens is 1. The second-order valence-corrected chi connectivity index (χ2v) is 3.98. The third kappa shape index (κ3) is 1.52. The van der Waals surface area contributed by atoms with E-state index >= 15 is 0 Å². The lowest BCUT2D eigenvalue weighted by Crippen LogP contribution is -2.07. The van der Waals surface area contributed by atoms with Gasteiger partial charge >= 0.3 is 0 Å². The molecule has 0 spiro atoms. The summed E-state index contributed by atoms with van der Waals surface area (Å²) in [6.07, 6.45) is 0. The predicted molar refractivity (Wildman–Crippen MR) is 51.3 cm³/mol. The van der Waals surface area contributed by atoms with Crippen molar-refractivity contribution in [2.24, 2.45) is 0 Å². The van der Waals surface area contributed by atoms with Gasteiger partial charge in [0.1, 0.15) is 0 Å². The van der Waals surface area contributed by atoms with Crippen molar-refractivity contribution in [2.45, 2.75) is 12.8 Å². The van der Waals surface area contributed by atoms with Crippen LogP contribution in [0.2, 0.25) is 0 Å². The molecule has 2 rings (SSSR count). The lowest BCUT2D eigenvalue weighted by Gasteiger charge is -2.04. The van der Waals surface area contributed by atoms with Crippen molar-refractivity contribution < 1.29 is 13.3 Å². The van der Waals surface area contributed by atoms with Gasteiger partial charge in [0, 0.05) is 11.4 Å². The second kappa shape index (κ2) is 3.02. The van der Waals surface area contributed by atoms with E-state index in [1.54, 1.807) is 18.2 Å². The van der Waals surface area contributed by atoms with Crippen molar-refractivity contribution in [3.05, 3.63) is 28.4 Å². The van der Waals surface area contributed by atoms with Crippen LogP contribution in [0, 0.1) is 0 Å². The van der Waals surface area contributed by atoms with Gasteiger partial charge in [-0.15, -0.1) is 0 Å². The van der Waals surface area contributed by atoms with Gasteiger partial charge in [-0.05, 0) is 18.2 Å². The van der Waals surface area contributed by atoms with E-state index in [4.69, 9.17) is 4.52 Å². The molecule has 1 aromatic heterocycles. The second-order valence-electron chi connectivity index (χ2n) is 3.06. The van der Waals surface area contributed by atoms with Crippen LogP contribution in [0.1, 0.15) is 12.6 Å². The lowest BCUT2D eigenvalue weighted by atomic mass is 10.1. The summed E-state index contributed by atoms with van der Waals surface area (Å²) in [5, 5.41) is 3.71. The number of benzene rings is 1. The predicted octanol–water partition coefficient (Wildman–Crippen LogP) is 3.70. The molecule has 0 amide bonds. The maximum atomic E-state index is 13.0. The molecule has 0 aliphatic rings. The zero-order valence-electron chi connectivity index (χ0n) is 7.22. The Morgan fingerprint density at radius 1 is 1.43 bits per heavy atom. The van der Waals surface area contributed by atoms with Crippen molar-refractivity contribution in [1.29, 1.82) is 0 Å². The molecule has 2 aromatic rings. The Morgan fingerprint density at radius 3 is 2.79 bits per heavy atom. The highest BCUT2D eigenvalue weighted by atomic mass is 79.9. The molecule has 2 nitrogen and oxygen atoms in total. The molecule has 14 heavy (non-hydrogen) atoms. The molecule has 0 fully saturated rings. The van der Waals surface area contributed by atoms with Gasteiger partial charge in [-0.3, -0.25) is 0 Å². The number of hydrogen-bond acceptors (Lipinski definition) is 2. The maximum Gasteiger partial charge on any atom is 0.290 e. The van der Waals surface area contributed by atoms with E-state index in [0.29, 0.717) is 11.0 Å². The summed E-state index contributed by atoms with van der Waals surface area (Å²) in [7, 11) is 0. The maximum absolute atomic E-state index is 13.0. The molecule has 5 heteroatoms. The molecular formula is C9H6BrF2NO. The third-order valence-electron chi connectivity index (χ3n) is 1.85. The van der Waals surface area contributed by atoms with Gasteiger partial charge in [0.2, 0.25) is 0 Å². The SMILES string of the molecule is CC(F)(F)c1noc2cc(Br)ccc12. The van der Waals surface area contributed by atoms with E-state index in [0.717, 1.165) is 11.4 Å². The zero-order chi connectivity index (χ0) is 10.3. The van der Waals surface area contributed by atoms with Crippen molar-refractivity contribution in [3.8, 4) is 0 Å². The smallest absolute Gasteiger partial charge is 0.290 e. The van der Waals surface area contributed by atoms with E-state index < -0.39 is 5.92 Å².